The molecule has 0 aromatic heterocycles. The highest BCUT2D eigenvalue weighted by molar-refractivity contribution is 5.64. The van der Waals surface area contributed by atoms with Crippen LogP contribution in [0.4, 0.5) is 0 Å². The van der Waals surface area contributed by atoms with Gasteiger partial charge in [0.05, 0.1) is 0 Å². The van der Waals surface area contributed by atoms with Crippen molar-refractivity contribution in [3.8, 4) is 11.1 Å². The summed E-state index contributed by atoms with van der Waals surface area (Å²) in [5.74, 6) is 6.54. The van der Waals surface area contributed by atoms with Crippen molar-refractivity contribution < 1.29 is 0 Å². The number of hydrogen-bond donors (Lipinski definition) is 0. The van der Waals surface area contributed by atoms with Gasteiger partial charge in [-0.2, -0.15) is 0 Å². The van der Waals surface area contributed by atoms with E-state index in [-0.39, 0.29) is 0 Å². The van der Waals surface area contributed by atoms with Crippen molar-refractivity contribution in [2.45, 2.75) is 142 Å². The fourth-order valence-corrected chi connectivity index (χ4v) is 9.03. The first-order valence-corrected chi connectivity index (χ1v) is 17.3. The molecule has 0 aliphatic heterocycles. The molecule has 0 heterocycles. The molecule has 2 aromatic rings. The number of hydrogen-bond acceptors (Lipinski definition) is 0. The first kappa shape index (κ1) is 29.0. The Balaban J connectivity index is 1.07. The summed E-state index contributed by atoms with van der Waals surface area (Å²) in [7, 11) is 0. The molecule has 214 valence electrons. The molecule has 5 rings (SSSR count). The fourth-order valence-electron chi connectivity index (χ4n) is 9.03. The molecule has 0 amide bonds. The van der Waals surface area contributed by atoms with Crippen molar-refractivity contribution in [1.29, 1.82) is 0 Å². The van der Waals surface area contributed by atoms with Gasteiger partial charge in [-0.3, -0.25) is 0 Å². The molecule has 0 unspecified atom stereocenters. The zero-order valence-electron chi connectivity index (χ0n) is 25.7. The Morgan fingerprint density at radius 2 is 0.974 bits per heavy atom. The molecule has 0 spiro atoms. The lowest BCUT2D eigenvalue weighted by atomic mass is 9.67. The summed E-state index contributed by atoms with van der Waals surface area (Å²) in [5.41, 5.74) is 5.85. The monoisotopic (exact) mass is 526 g/mol. The quantitative estimate of drug-likeness (QED) is 0.289. The summed E-state index contributed by atoms with van der Waals surface area (Å²) in [5, 5.41) is 0. The minimum absolute atomic E-state index is 0.676. The van der Waals surface area contributed by atoms with E-state index in [2.05, 4.69) is 69.3 Å². The normalized spacial score (nSPS) is 30.6. The summed E-state index contributed by atoms with van der Waals surface area (Å²) in [4.78, 5) is 0. The smallest absolute Gasteiger partial charge is 0.0162 e. The molecule has 3 fully saturated rings. The van der Waals surface area contributed by atoms with Crippen LogP contribution in [0.1, 0.15) is 153 Å². The van der Waals surface area contributed by atoms with E-state index in [0.29, 0.717) is 5.92 Å². The van der Waals surface area contributed by atoms with Crippen molar-refractivity contribution in [3.05, 3.63) is 59.7 Å². The Bertz CT molecular complexity index is 944. The molecule has 3 aliphatic rings. The Morgan fingerprint density at radius 1 is 0.538 bits per heavy atom. The van der Waals surface area contributed by atoms with Crippen molar-refractivity contribution in [1.82, 2.24) is 0 Å². The number of benzene rings is 2. The van der Waals surface area contributed by atoms with Crippen LogP contribution < -0.4 is 0 Å². The first-order valence-electron chi connectivity index (χ1n) is 17.3. The third-order valence-electron chi connectivity index (χ3n) is 11.6. The van der Waals surface area contributed by atoms with Crippen LogP contribution >= 0.6 is 0 Å². The maximum absolute atomic E-state index is 2.47. The van der Waals surface area contributed by atoms with Crippen LogP contribution in [-0.2, 0) is 0 Å². The summed E-state index contributed by atoms with van der Waals surface area (Å²) in [6.45, 7) is 7.17. The van der Waals surface area contributed by atoms with Gasteiger partial charge in [-0.1, -0.05) is 121 Å². The highest BCUT2D eigenvalue weighted by atomic mass is 14.4. The van der Waals surface area contributed by atoms with Crippen LogP contribution in [0, 0.1) is 29.6 Å². The Kier molecular flexibility index (Phi) is 10.7. The second kappa shape index (κ2) is 14.4. The molecule has 1 atom stereocenters. The molecule has 0 bridgehead atoms. The molecule has 3 aliphatic carbocycles. The minimum atomic E-state index is 0.676. The van der Waals surface area contributed by atoms with Gasteiger partial charge in [0.1, 0.15) is 0 Å². The Morgan fingerprint density at radius 3 is 1.46 bits per heavy atom. The SMILES string of the molecule is CCCC1CCC(c2ccc(-c3ccc([C@H](C)CC4CCC(C5CCC(CCC)CC5)CC4)cc3)cc2)CC1. The van der Waals surface area contributed by atoms with Crippen molar-refractivity contribution in [3.63, 3.8) is 0 Å². The fraction of sp³-hybridized carbons (Fsp3) is 0.692. The van der Waals surface area contributed by atoms with Crippen molar-refractivity contribution in [2.75, 3.05) is 0 Å². The van der Waals surface area contributed by atoms with Gasteiger partial charge in [0.2, 0.25) is 0 Å². The lowest BCUT2D eigenvalue weighted by Gasteiger charge is -2.38. The maximum atomic E-state index is 2.47. The topological polar surface area (TPSA) is 0 Å². The van der Waals surface area contributed by atoms with E-state index in [0.717, 1.165) is 35.5 Å². The van der Waals surface area contributed by atoms with Crippen LogP contribution in [-0.4, -0.2) is 0 Å². The predicted octanol–water partition coefficient (Wildman–Crippen LogP) is 12.3. The molecular weight excluding hydrogens is 468 g/mol. The highest BCUT2D eigenvalue weighted by Crippen LogP contribution is 2.44. The zero-order valence-corrected chi connectivity index (χ0v) is 25.7. The van der Waals surface area contributed by atoms with Crippen molar-refractivity contribution in [2.24, 2.45) is 29.6 Å². The molecule has 0 radical (unpaired) electrons. The van der Waals surface area contributed by atoms with E-state index >= 15 is 0 Å². The van der Waals surface area contributed by atoms with Gasteiger partial charge in [0.25, 0.3) is 0 Å². The molecule has 0 N–H and O–H groups in total. The summed E-state index contributed by atoms with van der Waals surface area (Å²) >= 11 is 0. The third kappa shape index (κ3) is 7.80. The first-order chi connectivity index (χ1) is 19.1. The van der Waals surface area contributed by atoms with Crippen molar-refractivity contribution >= 4 is 0 Å². The van der Waals surface area contributed by atoms with Gasteiger partial charge < -0.3 is 0 Å². The highest BCUT2D eigenvalue weighted by Gasteiger charge is 2.31. The standard InChI is InChI=1S/C39H58/c1-4-6-30-8-14-34(15-9-30)36-18-12-32(13-19-36)28-29(3)33-20-22-37(23-21-33)39-26-24-38(25-27-39)35-16-10-31(7-5-2)11-17-35/h20-27,29-32,34-36H,4-19,28H2,1-3H3/t29-,30?,31?,32?,34?,35?,36?/m1/s1. The predicted molar refractivity (Wildman–Crippen MR) is 170 cm³/mol. The molecule has 0 nitrogen and oxygen atoms in total. The van der Waals surface area contributed by atoms with Gasteiger partial charge >= 0.3 is 0 Å². The van der Waals surface area contributed by atoms with E-state index in [1.807, 2.05) is 0 Å². The van der Waals surface area contributed by atoms with Gasteiger partial charge in [-0.25, -0.2) is 0 Å². The average Bonchev–Trinajstić information content (AvgIpc) is 2.99. The van der Waals surface area contributed by atoms with E-state index in [1.54, 1.807) is 5.56 Å². The number of rotatable bonds is 10. The van der Waals surface area contributed by atoms with Crippen LogP contribution in [0.15, 0.2) is 48.5 Å². The summed E-state index contributed by atoms with van der Waals surface area (Å²) in [6.07, 6.45) is 24.8. The average molecular weight is 527 g/mol. The molecule has 0 saturated heterocycles. The molecule has 39 heavy (non-hydrogen) atoms. The van der Waals surface area contributed by atoms with Gasteiger partial charge in [-0.15, -0.1) is 0 Å². The Labute approximate surface area is 241 Å². The summed E-state index contributed by atoms with van der Waals surface area (Å²) < 4.78 is 0. The third-order valence-corrected chi connectivity index (χ3v) is 11.6. The largest absolute Gasteiger partial charge is 0.0654 e. The van der Waals surface area contributed by atoms with Gasteiger partial charge in [0.15, 0.2) is 0 Å². The van der Waals surface area contributed by atoms with E-state index in [1.165, 1.54) is 126 Å². The molecular formula is C39H58. The molecule has 3 saturated carbocycles. The minimum Gasteiger partial charge on any atom is -0.0654 e. The summed E-state index contributed by atoms with van der Waals surface area (Å²) in [6, 6.07) is 19.2. The lowest BCUT2D eigenvalue weighted by Crippen LogP contribution is -2.26. The second-order valence-electron chi connectivity index (χ2n) is 14.2. The molecule has 2 aromatic carbocycles. The van der Waals surface area contributed by atoms with E-state index < -0.39 is 0 Å². The van der Waals surface area contributed by atoms with E-state index in [9.17, 15) is 0 Å². The second-order valence-corrected chi connectivity index (χ2v) is 14.2. The Hall–Kier alpha value is -1.56. The molecule has 0 heteroatoms. The lowest BCUT2D eigenvalue weighted by molar-refractivity contribution is 0.139. The van der Waals surface area contributed by atoms with Crippen LogP contribution in [0.5, 0.6) is 0 Å². The van der Waals surface area contributed by atoms with Gasteiger partial charge in [0, 0.05) is 0 Å². The maximum Gasteiger partial charge on any atom is -0.0162 e. The zero-order chi connectivity index (χ0) is 27.0. The van der Waals surface area contributed by atoms with Crippen LogP contribution in [0.25, 0.3) is 11.1 Å². The van der Waals surface area contributed by atoms with Gasteiger partial charge in [-0.05, 0) is 121 Å². The van der Waals surface area contributed by atoms with E-state index in [4.69, 9.17) is 0 Å². The van der Waals surface area contributed by atoms with Crippen LogP contribution in [0.2, 0.25) is 0 Å². The van der Waals surface area contributed by atoms with Crippen LogP contribution in [0.3, 0.4) is 0 Å².